The maximum atomic E-state index is 11.4. The summed E-state index contributed by atoms with van der Waals surface area (Å²) in [6.07, 6.45) is 1.84. The van der Waals surface area contributed by atoms with E-state index in [4.69, 9.17) is 10.7 Å². The van der Waals surface area contributed by atoms with Crippen LogP contribution in [-0.2, 0) is 31.0 Å². The van der Waals surface area contributed by atoms with Gasteiger partial charge in [-0.15, -0.1) is 0 Å². The van der Waals surface area contributed by atoms with E-state index in [9.17, 15) is 13.2 Å². The molecule has 0 unspecified atom stereocenters. The predicted octanol–water partition coefficient (Wildman–Crippen LogP) is 0.942. The lowest BCUT2D eigenvalue weighted by molar-refractivity contribution is -0.141. The fourth-order valence-corrected chi connectivity index (χ4v) is 2.78. The van der Waals surface area contributed by atoms with Gasteiger partial charge in [0.15, 0.2) is 5.03 Å². The van der Waals surface area contributed by atoms with E-state index in [1.807, 2.05) is 0 Å². The lowest BCUT2D eigenvalue weighted by Gasteiger charge is -2.13. The number of methoxy groups -OCH3 is 1. The maximum absolute atomic E-state index is 11.4. The lowest BCUT2D eigenvalue weighted by Crippen LogP contribution is -2.18. The van der Waals surface area contributed by atoms with Gasteiger partial charge in [-0.1, -0.05) is 0 Å². The van der Waals surface area contributed by atoms with Crippen molar-refractivity contribution in [1.82, 2.24) is 9.78 Å². The van der Waals surface area contributed by atoms with Gasteiger partial charge in [-0.3, -0.25) is 9.48 Å². The van der Waals surface area contributed by atoms with E-state index in [-0.39, 0.29) is 22.8 Å². The first-order valence-corrected chi connectivity index (χ1v) is 7.65. The summed E-state index contributed by atoms with van der Waals surface area (Å²) in [7, 11) is 4.37. The first kappa shape index (κ1) is 13.4. The lowest BCUT2D eigenvalue weighted by atomic mass is 9.98. The van der Waals surface area contributed by atoms with Crippen LogP contribution < -0.4 is 0 Å². The first-order valence-electron chi connectivity index (χ1n) is 5.34. The van der Waals surface area contributed by atoms with Gasteiger partial charge in [0.1, 0.15) is 0 Å². The Morgan fingerprint density at radius 3 is 2.61 bits per heavy atom. The Balaban J connectivity index is 2.35. The van der Waals surface area contributed by atoms with Gasteiger partial charge in [-0.05, 0) is 12.8 Å². The number of nitrogens with zero attached hydrogens (tertiary/aromatic N) is 2. The van der Waals surface area contributed by atoms with E-state index in [0.29, 0.717) is 5.69 Å². The Morgan fingerprint density at radius 2 is 2.22 bits per heavy atom. The van der Waals surface area contributed by atoms with Gasteiger partial charge in [0, 0.05) is 34.9 Å². The zero-order valence-corrected chi connectivity index (χ0v) is 11.6. The molecule has 1 saturated carbocycles. The molecule has 1 aliphatic carbocycles. The molecule has 0 radical (unpaired) electrons. The van der Waals surface area contributed by atoms with E-state index in [1.54, 1.807) is 7.05 Å². The number of aryl methyl sites for hydroxylation is 1. The largest absolute Gasteiger partial charge is 0.469 e. The Kier molecular flexibility index (Phi) is 3.14. The van der Waals surface area contributed by atoms with E-state index >= 15 is 0 Å². The normalized spacial score (nSPS) is 17.5. The van der Waals surface area contributed by atoms with Crippen molar-refractivity contribution in [2.24, 2.45) is 7.05 Å². The zero-order valence-electron chi connectivity index (χ0n) is 10.0. The number of aromatic nitrogens is 2. The highest BCUT2D eigenvalue weighted by molar-refractivity contribution is 8.13. The number of hydrogen-bond donors (Lipinski definition) is 0. The fraction of sp³-hybridized carbons (Fsp3) is 0.600. The van der Waals surface area contributed by atoms with E-state index in [1.165, 1.54) is 17.9 Å². The Hall–Kier alpha value is -1.08. The molecule has 0 atom stereocenters. The van der Waals surface area contributed by atoms with Gasteiger partial charge in [0.2, 0.25) is 0 Å². The summed E-state index contributed by atoms with van der Waals surface area (Å²) in [5.41, 5.74) is 0.349. The second kappa shape index (κ2) is 4.24. The average Bonchev–Trinajstić information content (AvgIpc) is 2.91. The van der Waals surface area contributed by atoms with Gasteiger partial charge in [0.05, 0.1) is 13.5 Å². The third-order valence-corrected chi connectivity index (χ3v) is 4.39. The van der Waals surface area contributed by atoms with Crippen LogP contribution in [0.4, 0.5) is 0 Å². The summed E-state index contributed by atoms with van der Waals surface area (Å²) < 4.78 is 28.6. The second-order valence-electron chi connectivity index (χ2n) is 4.46. The van der Waals surface area contributed by atoms with Crippen LogP contribution in [0.3, 0.4) is 0 Å². The SMILES string of the molecule is COC(=O)CC1(c2cc(S(=O)(=O)Cl)nn2C)CC1. The molecule has 0 amide bonds. The smallest absolute Gasteiger partial charge is 0.306 e. The van der Waals surface area contributed by atoms with Gasteiger partial charge in [0.25, 0.3) is 9.05 Å². The average molecular weight is 293 g/mol. The van der Waals surface area contributed by atoms with Crippen LogP contribution in [0.5, 0.6) is 0 Å². The quantitative estimate of drug-likeness (QED) is 0.610. The molecule has 0 aliphatic heterocycles. The molecule has 8 heteroatoms. The number of esters is 1. The van der Waals surface area contributed by atoms with Crippen LogP contribution >= 0.6 is 10.7 Å². The highest BCUT2D eigenvalue weighted by atomic mass is 35.7. The molecule has 2 rings (SSSR count). The molecule has 1 aromatic rings. The molecule has 1 heterocycles. The molecule has 6 nitrogen and oxygen atoms in total. The third kappa shape index (κ3) is 2.37. The van der Waals surface area contributed by atoms with Crippen LogP contribution in [0.1, 0.15) is 25.0 Å². The van der Waals surface area contributed by atoms with Crippen molar-refractivity contribution < 1.29 is 17.9 Å². The van der Waals surface area contributed by atoms with Crippen molar-refractivity contribution in [3.05, 3.63) is 11.8 Å². The highest BCUT2D eigenvalue weighted by Crippen LogP contribution is 2.51. The minimum atomic E-state index is -3.85. The van der Waals surface area contributed by atoms with E-state index in [2.05, 4.69) is 9.84 Å². The van der Waals surface area contributed by atoms with Crippen LogP contribution in [-0.4, -0.2) is 31.3 Å². The van der Waals surface area contributed by atoms with Crippen molar-refractivity contribution in [2.45, 2.75) is 29.7 Å². The summed E-state index contributed by atoms with van der Waals surface area (Å²) in [5, 5.41) is 3.68. The summed E-state index contributed by atoms with van der Waals surface area (Å²) >= 11 is 0. The van der Waals surface area contributed by atoms with Gasteiger partial charge in [-0.2, -0.15) is 5.10 Å². The molecular formula is C10H13ClN2O4S. The second-order valence-corrected chi connectivity index (χ2v) is 6.98. The first-order chi connectivity index (χ1) is 8.28. The topological polar surface area (TPSA) is 78.3 Å². The number of halogens is 1. The summed E-state index contributed by atoms with van der Waals surface area (Å²) in [6, 6.07) is 1.43. The minimum Gasteiger partial charge on any atom is -0.469 e. The molecule has 1 aliphatic rings. The Morgan fingerprint density at radius 1 is 1.61 bits per heavy atom. The van der Waals surface area contributed by atoms with Crippen LogP contribution in [0.15, 0.2) is 11.1 Å². The van der Waals surface area contributed by atoms with Crippen molar-refractivity contribution >= 4 is 25.7 Å². The summed E-state index contributed by atoms with van der Waals surface area (Å²) in [6.45, 7) is 0. The maximum Gasteiger partial charge on any atom is 0.306 e. The van der Waals surface area contributed by atoms with E-state index < -0.39 is 9.05 Å². The highest BCUT2D eigenvalue weighted by Gasteiger charge is 2.49. The van der Waals surface area contributed by atoms with Crippen molar-refractivity contribution in [2.75, 3.05) is 7.11 Å². The standard InChI is InChI=1S/C10H13ClN2O4S/c1-13-7(5-8(12-13)18(11,15)16)10(3-4-10)6-9(14)17-2/h5H,3-4,6H2,1-2H3. The molecule has 0 aromatic carbocycles. The van der Waals surface area contributed by atoms with Gasteiger partial charge in [-0.25, -0.2) is 8.42 Å². The zero-order chi connectivity index (χ0) is 13.6. The monoisotopic (exact) mass is 292 g/mol. The number of rotatable bonds is 4. The van der Waals surface area contributed by atoms with Crippen molar-refractivity contribution in [1.29, 1.82) is 0 Å². The van der Waals surface area contributed by atoms with Crippen LogP contribution in [0.25, 0.3) is 0 Å². The Bertz CT molecular complexity index is 589. The van der Waals surface area contributed by atoms with Crippen molar-refractivity contribution in [3.63, 3.8) is 0 Å². The molecule has 100 valence electrons. The fourth-order valence-electron chi connectivity index (χ4n) is 2.08. The Labute approximate surface area is 109 Å². The molecule has 0 spiro atoms. The molecule has 1 fully saturated rings. The number of carbonyl (C=O) groups excluding carboxylic acids is 1. The number of ether oxygens (including phenoxy) is 1. The molecular weight excluding hydrogens is 280 g/mol. The van der Waals surface area contributed by atoms with Crippen LogP contribution in [0, 0.1) is 0 Å². The predicted molar refractivity (Wildman–Crippen MR) is 63.8 cm³/mol. The minimum absolute atomic E-state index is 0.183. The molecule has 18 heavy (non-hydrogen) atoms. The molecule has 0 saturated heterocycles. The third-order valence-electron chi connectivity index (χ3n) is 3.21. The molecule has 0 N–H and O–H groups in total. The van der Waals surface area contributed by atoms with E-state index in [0.717, 1.165) is 12.8 Å². The van der Waals surface area contributed by atoms with Crippen molar-refractivity contribution in [3.8, 4) is 0 Å². The van der Waals surface area contributed by atoms with Gasteiger partial charge >= 0.3 is 5.97 Å². The van der Waals surface area contributed by atoms with Crippen LogP contribution in [0.2, 0.25) is 0 Å². The molecule has 0 bridgehead atoms. The number of hydrogen-bond acceptors (Lipinski definition) is 5. The summed E-state index contributed by atoms with van der Waals surface area (Å²) in [4.78, 5) is 11.4. The number of carbonyl (C=O) groups is 1. The van der Waals surface area contributed by atoms with Gasteiger partial charge < -0.3 is 4.74 Å². The molecule has 1 aromatic heterocycles. The summed E-state index contributed by atoms with van der Waals surface area (Å²) in [5.74, 6) is -0.316.